The van der Waals surface area contributed by atoms with E-state index in [0.717, 1.165) is 6.42 Å². The number of hydrogen-bond donors (Lipinski definition) is 0. The fourth-order valence-corrected chi connectivity index (χ4v) is 1.54. The quantitative estimate of drug-likeness (QED) is 0.521. The smallest absolute Gasteiger partial charge is 0 e. The maximum absolute atomic E-state index is 3.94. The monoisotopic (exact) mass is 264 g/mol. The molecule has 0 spiro atoms. The van der Waals surface area contributed by atoms with Crippen LogP contribution in [0.5, 0.6) is 0 Å². The van der Waals surface area contributed by atoms with Gasteiger partial charge in [0.1, 0.15) is 0 Å². The maximum atomic E-state index is 3.94. The summed E-state index contributed by atoms with van der Waals surface area (Å²) < 4.78 is 0. The first-order chi connectivity index (χ1) is 5.79. The molecule has 0 N–H and O–H groups in total. The molecule has 0 saturated heterocycles. The molecule has 0 bridgehead atoms. The zero-order chi connectivity index (χ0) is 8.81. The van der Waals surface area contributed by atoms with E-state index in [9.17, 15) is 0 Å². The molecule has 13 heavy (non-hydrogen) atoms. The van der Waals surface area contributed by atoms with Crippen LogP contribution < -0.4 is 0 Å². The van der Waals surface area contributed by atoms with Crippen LogP contribution in [0.3, 0.4) is 0 Å². The molecule has 74 valence electrons. The minimum atomic E-state index is 0. The van der Waals surface area contributed by atoms with Crippen LogP contribution in [-0.2, 0) is 19.5 Å². The molecule has 0 aromatic carbocycles. The summed E-state index contributed by atoms with van der Waals surface area (Å²) in [6.45, 7) is 6.05. The molecule has 0 nitrogen and oxygen atoms in total. The molecule has 0 fully saturated rings. The van der Waals surface area contributed by atoms with E-state index in [2.05, 4.69) is 31.7 Å². The Morgan fingerprint density at radius 2 is 2.00 bits per heavy atom. The molecule has 1 rings (SSSR count). The van der Waals surface area contributed by atoms with E-state index in [4.69, 9.17) is 0 Å². The predicted molar refractivity (Wildman–Crippen MR) is 55.1 cm³/mol. The number of rotatable bonds is 2. The third-order valence-corrected chi connectivity index (χ3v) is 2.09. The molecule has 0 radical (unpaired) electrons. The van der Waals surface area contributed by atoms with Gasteiger partial charge in [0.15, 0.2) is 0 Å². The van der Waals surface area contributed by atoms with Crippen LogP contribution in [0.25, 0.3) is 0 Å². The van der Waals surface area contributed by atoms with Crippen molar-refractivity contribution in [2.24, 2.45) is 0 Å². The molecular formula is C12H18Ru. The van der Waals surface area contributed by atoms with Gasteiger partial charge in [-0.25, -0.2) is 0 Å². The van der Waals surface area contributed by atoms with Crippen LogP contribution in [0.15, 0.2) is 36.0 Å². The molecule has 0 atom stereocenters. The fourth-order valence-electron chi connectivity index (χ4n) is 1.54. The SMILES string of the molecule is C=C(C)CC1=CCCC=CCC1.[Ru]. The molecule has 0 aromatic heterocycles. The minimum Gasteiger partial charge on any atom is -0.0998 e. The van der Waals surface area contributed by atoms with Crippen LogP contribution in [0, 0.1) is 0 Å². The van der Waals surface area contributed by atoms with Crippen LogP contribution in [0.2, 0.25) is 0 Å². The van der Waals surface area contributed by atoms with Gasteiger partial charge in [0, 0.05) is 19.5 Å². The standard InChI is InChI=1S/C12H18.Ru/c1-11(2)10-12-8-6-4-3-5-7-9-12;/h3-4,9H,1,5-8,10H2,2H3;. The second kappa shape index (κ2) is 7.27. The molecule has 0 saturated carbocycles. The summed E-state index contributed by atoms with van der Waals surface area (Å²) in [5, 5.41) is 0. The Balaban J connectivity index is 0.00000144. The molecule has 0 aliphatic heterocycles. The maximum Gasteiger partial charge on any atom is 0 e. The predicted octanol–water partition coefficient (Wildman–Crippen LogP) is 4.01. The Hall–Kier alpha value is -0.157. The Kier molecular flexibility index (Phi) is 7.18. The molecule has 0 aromatic rings. The van der Waals surface area contributed by atoms with Crippen LogP contribution in [-0.4, -0.2) is 0 Å². The average Bonchev–Trinajstić information content (AvgIpc) is 1.93. The first-order valence-corrected chi connectivity index (χ1v) is 4.76. The van der Waals surface area contributed by atoms with E-state index in [1.165, 1.54) is 31.3 Å². The van der Waals surface area contributed by atoms with Gasteiger partial charge < -0.3 is 0 Å². The molecular weight excluding hydrogens is 245 g/mol. The van der Waals surface area contributed by atoms with Gasteiger partial charge in [-0.2, -0.15) is 0 Å². The third-order valence-electron chi connectivity index (χ3n) is 2.09. The van der Waals surface area contributed by atoms with E-state index in [1.54, 1.807) is 5.57 Å². The zero-order valence-corrected chi connectivity index (χ0v) is 10.1. The normalized spacial score (nSPS) is 16.5. The largest absolute Gasteiger partial charge is 0.0998 e. The number of hydrogen-bond acceptors (Lipinski definition) is 0. The molecule has 0 unspecified atom stereocenters. The van der Waals surface area contributed by atoms with Gasteiger partial charge in [0.25, 0.3) is 0 Å². The van der Waals surface area contributed by atoms with Gasteiger partial charge in [-0.15, -0.1) is 0 Å². The van der Waals surface area contributed by atoms with Crippen molar-refractivity contribution in [3.05, 3.63) is 36.0 Å². The van der Waals surface area contributed by atoms with Crippen LogP contribution >= 0.6 is 0 Å². The van der Waals surface area contributed by atoms with Crippen LogP contribution in [0.4, 0.5) is 0 Å². The van der Waals surface area contributed by atoms with Crippen molar-refractivity contribution in [2.75, 3.05) is 0 Å². The second-order valence-electron chi connectivity index (χ2n) is 3.58. The Morgan fingerprint density at radius 3 is 2.69 bits per heavy atom. The minimum absolute atomic E-state index is 0. The molecule has 0 amide bonds. The van der Waals surface area contributed by atoms with E-state index >= 15 is 0 Å². The molecule has 1 aliphatic rings. The van der Waals surface area contributed by atoms with Crippen molar-refractivity contribution >= 4 is 0 Å². The van der Waals surface area contributed by atoms with E-state index in [0.29, 0.717) is 0 Å². The molecule has 1 aliphatic carbocycles. The number of allylic oxidation sites excluding steroid dienone is 5. The fraction of sp³-hybridized carbons (Fsp3) is 0.500. The summed E-state index contributed by atoms with van der Waals surface area (Å²) in [4.78, 5) is 0. The molecule has 0 heterocycles. The van der Waals surface area contributed by atoms with Crippen molar-refractivity contribution in [3.63, 3.8) is 0 Å². The van der Waals surface area contributed by atoms with Gasteiger partial charge in [0.05, 0.1) is 0 Å². The van der Waals surface area contributed by atoms with Crippen molar-refractivity contribution in [3.8, 4) is 0 Å². The van der Waals surface area contributed by atoms with E-state index in [-0.39, 0.29) is 19.5 Å². The Labute approximate surface area is 94.6 Å². The van der Waals surface area contributed by atoms with Crippen molar-refractivity contribution in [1.82, 2.24) is 0 Å². The Morgan fingerprint density at radius 1 is 1.31 bits per heavy atom. The summed E-state index contributed by atoms with van der Waals surface area (Å²) >= 11 is 0. The average molecular weight is 263 g/mol. The first kappa shape index (κ1) is 12.8. The summed E-state index contributed by atoms with van der Waals surface area (Å²) in [5.41, 5.74) is 2.86. The summed E-state index contributed by atoms with van der Waals surface area (Å²) in [5.74, 6) is 0. The summed E-state index contributed by atoms with van der Waals surface area (Å²) in [6, 6.07) is 0. The van der Waals surface area contributed by atoms with Gasteiger partial charge in [-0.05, 0) is 39.0 Å². The third kappa shape index (κ3) is 5.99. The van der Waals surface area contributed by atoms with Crippen molar-refractivity contribution < 1.29 is 19.5 Å². The van der Waals surface area contributed by atoms with E-state index < -0.39 is 0 Å². The second-order valence-corrected chi connectivity index (χ2v) is 3.58. The molecule has 1 heteroatoms. The topological polar surface area (TPSA) is 0 Å². The summed E-state index contributed by atoms with van der Waals surface area (Å²) in [6.07, 6.45) is 12.9. The van der Waals surface area contributed by atoms with Gasteiger partial charge >= 0.3 is 0 Å². The van der Waals surface area contributed by atoms with Gasteiger partial charge in [-0.3, -0.25) is 0 Å². The van der Waals surface area contributed by atoms with Crippen LogP contribution in [0.1, 0.15) is 39.0 Å². The van der Waals surface area contributed by atoms with Gasteiger partial charge in [-0.1, -0.05) is 36.0 Å². The van der Waals surface area contributed by atoms with Gasteiger partial charge in [0.2, 0.25) is 0 Å². The summed E-state index contributed by atoms with van der Waals surface area (Å²) in [7, 11) is 0. The first-order valence-electron chi connectivity index (χ1n) is 4.76. The van der Waals surface area contributed by atoms with E-state index in [1.807, 2.05) is 0 Å². The zero-order valence-electron chi connectivity index (χ0n) is 8.33. The Bertz CT molecular complexity index is 211. The van der Waals surface area contributed by atoms with Crippen molar-refractivity contribution in [1.29, 1.82) is 0 Å². The van der Waals surface area contributed by atoms with Crippen molar-refractivity contribution in [2.45, 2.75) is 39.0 Å².